The summed E-state index contributed by atoms with van der Waals surface area (Å²) in [7, 11) is 0. The molecule has 0 unspecified atom stereocenters. The number of anilines is 1. The topological polar surface area (TPSA) is 83.4 Å². The predicted octanol–water partition coefficient (Wildman–Crippen LogP) is 4.22. The molecule has 0 bridgehead atoms. The van der Waals surface area contributed by atoms with Crippen molar-refractivity contribution in [1.29, 1.82) is 0 Å². The van der Waals surface area contributed by atoms with Crippen LogP contribution in [0.4, 0.5) is 10.5 Å². The average molecular weight is 449 g/mol. The van der Waals surface area contributed by atoms with Crippen molar-refractivity contribution in [3.8, 4) is 5.69 Å². The van der Waals surface area contributed by atoms with Gasteiger partial charge in [-0.1, -0.05) is 36.7 Å². The fraction of sp³-hybridized carbons (Fsp3) is 0.125. The first-order valence-electron chi connectivity index (χ1n) is 10.1. The second-order valence-corrected chi connectivity index (χ2v) is 7.65. The van der Waals surface area contributed by atoms with Crippen molar-refractivity contribution in [1.82, 2.24) is 14.8 Å². The van der Waals surface area contributed by atoms with Crippen molar-refractivity contribution in [3.05, 3.63) is 88.8 Å². The van der Waals surface area contributed by atoms with E-state index in [4.69, 9.17) is 11.6 Å². The van der Waals surface area contributed by atoms with Gasteiger partial charge in [0, 0.05) is 28.3 Å². The fourth-order valence-corrected chi connectivity index (χ4v) is 3.62. The number of halogens is 1. The maximum absolute atomic E-state index is 12.8. The molecule has 4 rings (SSSR count). The number of rotatable bonds is 6. The summed E-state index contributed by atoms with van der Waals surface area (Å²) in [5.41, 5.74) is 3.30. The largest absolute Gasteiger partial charge is 0.329 e. The normalized spacial score (nSPS) is 14.7. The van der Waals surface area contributed by atoms with Crippen molar-refractivity contribution in [2.75, 3.05) is 11.9 Å². The summed E-state index contributed by atoms with van der Waals surface area (Å²) in [6.07, 6.45) is 4.17. The number of benzene rings is 2. The number of nitrogens with zero attached hydrogens (tertiary/aromatic N) is 2. The SMILES string of the molecule is CCc1ccccc1NC(=O)CN1C(=O)N/C(=C/c2cccn2-c2ccc(Cl)cc2)C1=O. The zero-order valence-electron chi connectivity index (χ0n) is 17.3. The highest BCUT2D eigenvalue weighted by molar-refractivity contribution is 6.30. The third-order valence-electron chi connectivity index (χ3n) is 5.11. The smallest absolute Gasteiger partial charge is 0.324 e. The Morgan fingerprint density at radius 1 is 1.06 bits per heavy atom. The van der Waals surface area contributed by atoms with E-state index >= 15 is 0 Å². The van der Waals surface area contributed by atoms with Gasteiger partial charge >= 0.3 is 6.03 Å². The van der Waals surface area contributed by atoms with Crippen LogP contribution >= 0.6 is 11.6 Å². The van der Waals surface area contributed by atoms with Crippen LogP contribution in [0.15, 0.2) is 72.6 Å². The fourth-order valence-electron chi connectivity index (χ4n) is 3.50. The number of nitrogens with one attached hydrogen (secondary N) is 2. The second-order valence-electron chi connectivity index (χ2n) is 7.22. The lowest BCUT2D eigenvalue weighted by molar-refractivity contribution is -0.127. The summed E-state index contributed by atoms with van der Waals surface area (Å²) in [5.74, 6) is -1.00. The van der Waals surface area contributed by atoms with Gasteiger partial charge in [0.15, 0.2) is 0 Å². The Morgan fingerprint density at radius 3 is 2.56 bits per heavy atom. The number of aryl methyl sites for hydroxylation is 1. The molecular formula is C24H21ClN4O3. The maximum Gasteiger partial charge on any atom is 0.329 e. The van der Waals surface area contributed by atoms with E-state index in [-0.39, 0.29) is 12.2 Å². The minimum atomic E-state index is -0.634. The first-order chi connectivity index (χ1) is 15.5. The molecule has 0 saturated carbocycles. The van der Waals surface area contributed by atoms with Crippen molar-refractivity contribution < 1.29 is 14.4 Å². The van der Waals surface area contributed by atoms with Gasteiger partial charge in [-0.2, -0.15) is 0 Å². The molecule has 162 valence electrons. The van der Waals surface area contributed by atoms with E-state index in [0.29, 0.717) is 16.4 Å². The molecule has 0 radical (unpaired) electrons. The zero-order valence-corrected chi connectivity index (χ0v) is 18.1. The lowest BCUT2D eigenvalue weighted by Crippen LogP contribution is -2.38. The zero-order chi connectivity index (χ0) is 22.7. The van der Waals surface area contributed by atoms with Crippen LogP contribution in [0.2, 0.25) is 5.02 Å². The number of carbonyl (C=O) groups excluding carboxylic acids is 3. The van der Waals surface area contributed by atoms with Crippen LogP contribution in [0.5, 0.6) is 0 Å². The highest BCUT2D eigenvalue weighted by atomic mass is 35.5. The molecule has 4 amide bonds. The summed E-state index contributed by atoms with van der Waals surface area (Å²) >= 11 is 5.96. The molecule has 2 aromatic carbocycles. The van der Waals surface area contributed by atoms with Crippen LogP contribution in [0.1, 0.15) is 18.2 Å². The molecule has 2 heterocycles. The number of para-hydroxylation sites is 1. The monoisotopic (exact) mass is 448 g/mol. The van der Waals surface area contributed by atoms with Crippen LogP contribution < -0.4 is 10.6 Å². The van der Waals surface area contributed by atoms with Crippen molar-refractivity contribution in [2.45, 2.75) is 13.3 Å². The second kappa shape index (κ2) is 9.11. The van der Waals surface area contributed by atoms with E-state index in [1.807, 2.05) is 60.2 Å². The molecule has 0 aliphatic carbocycles. The molecule has 7 nitrogen and oxygen atoms in total. The van der Waals surface area contributed by atoms with Gasteiger partial charge in [0.1, 0.15) is 12.2 Å². The van der Waals surface area contributed by atoms with Gasteiger partial charge in [-0.15, -0.1) is 0 Å². The summed E-state index contributed by atoms with van der Waals surface area (Å²) in [6, 6.07) is 17.7. The predicted molar refractivity (Wildman–Crippen MR) is 123 cm³/mol. The van der Waals surface area contributed by atoms with Crippen LogP contribution in [0, 0.1) is 0 Å². The van der Waals surface area contributed by atoms with Crippen LogP contribution in [0.3, 0.4) is 0 Å². The summed E-state index contributed by atoms with van der Waals surface area (Å²) in [6.45, 7) is 1.61. The molecule has 2 N–H and O–H groups in total. The van der Waals surface area contributed by atoms with E-state index in [0.717, 1.165) is 22.6 Å². The van der Waals surface area contributed by atoms with Gasteiger partial charge < -0.3 is 15.2 Å². The minimum absolute atomic E-state index is 0.102. The number of carbonyl (C=O) groups is 3. The number of amides is 4. The average Bonchev–Trinajstić information content (AvgIpc) is 3.35. The van der Waals surface area contributed by atoms with Gasteiger partial charge in [-0.25, -0.2) is 9.69 Å². The van der Waals surface area contributed by atoms with Gasteiger partial charge in [0.05, 0.1) is 0 Å². The Hall–Kier alpha value is -3.84. The molecule has 3 aromatic rings. The molecule has 1 aromatic heterocycles. The third-order valence-corrected chi connectivity index (χ3v) is 5.37. The molecule has 0 spiro atoms. The quantitative estimate of drug-likeness (QED) is 0.437. The third kappa shape index (κ3) is 4.43. The van der Waals surface area contributed by atoms with Gasteiger partial charge in [-0.05, 0) is 60.5 Å². The Morgan fingerprint density at radius 2 is 1.81 bits per heavy atom. The molecule has 1 aliphatic rings. The molecule has 32 heavy (non-hydrogen) atoms. The number of hydrogen-bond acceptors (Lipinski definition) is 3. The van der Waals surface area contributed by atoms with Crippen LogP contribution in [0.25, 0.3) is 11.8 Å². The first kappa shape index (κ1) is 21.4. The number of urea groups is 1. The standard InChI is InChI=1S/C24H21ClN4O3/c1-2-16-6-3-4-8-20(16)26-22(30)15-29-23(31)21(27-24(29)32)14-19-7-5-13-28(19)18-11-9-17(25)10-12-18/h3-14H,2,15H2,1H3,(H,26,30)(H,27,32)/b21-14+. The molecular weight excluding hydrogens is 428 g/mol. The number of aromatic nitrogens is 1. The Balaban J connectivity index is 1.50. The van der Waals surface area contributed by atoms with E-state index in [2.05, 4.69) is 10.6 Å². The Kier molecular flexibility index (Phi) is 6.09. The van der Waals surface area contributed by atoms with E-state index in [1.165, 1.54) is 0 Å². The van der Waals surface area contributed by atoms with Crippen LogP contribution in [-0.4, -0.2) is 33.9 Å². The number of hydrogen-bond donors (Lipinski definition) is 2. The maximum atomic E-state index is 12.8. The van der Waals surface area contributed by atoms with E-state index < -0.39 is 17.8 Å². The highest BCUT2D eigenvalue weighted by Gasteiger charge is 2.35. The minimum Gasteiger partial charge on any atom is -0.324 e. The highest BCUT2D eigenvalue weighted by Crippen LogP contribution is 2.20. The molecule has 1 fully saturated rings. The molecule has 0 atom stereocenters. The molecule has 1 saturated heterocycles. The van der Waals surface area contributed by atoms with Gasteiger partial charge in [0.25, 0.3) is 5.91 Å². The van der Waals surface area contributed by atoms with Gasteiger partial charge in [-0.3, -0.25) is 9.59 Å². The Labute approximate surface area is 190 Å². The summed E-state index contributed by atoms with van der Waals surface area (Å²) in [4.78, 5) is 38.6. The van der Waals surface area contributed by atoms with E-state index in [9.17, 15) is 14.4 Å². The van der Waals surface area contributed by atoms with E-state index in [1.54, 1.807) is 24.3 Å². The molecule has 1 aliphatic heterocycles. The Bertz CT molecular complexity index is 1210. The van der Waals surface area contributed by atoms with Crippen molar-refractivity contribution in [2.24, 2.45) is 0 Å². The lowest BCUT2D eigenvalue weighted by atomic mass is 10.1. The summed E-state index contributed by atoms with van der Waals surface area (Å²) in [5, 5.41) is 5.95. The lowest BCUT2D eigenvalue weighted by Gasteiger charge is -2.13. The van der Waals surface area contributed by atoms with Crippen LogP contribution in [-0.2, 0) is 16.0 Å². The first-order valence-corrected chi connectivity index (χ1v) is 10.5. The van der Waals surface area contributed by atoms with Crippen molar-refractivity contribution in [3.63, 3.8) is 0 Å². The number of imide groups is 1. The summed E-state index contributed by atoms with van der Waals surface area (Å²) < 4.78 is 1.86. The molecule has 8 heteroatoms. The van der Waals surface area contributed by atoms with Gasteiger partial charge in [0.2, 0.25) is 5.91 Å². The van der Waals surface area contributed by atoms with Crippen molar-refractivity contribution >= 4 is 41.2 Å².